The zero-order valence-corrected chi connectivity index (χ0v) is 13.8. The number of amides is 1. The summed E-state index contributed by atoms with van der Waals surface area (Å²) in [4.78, 5) is 14.2. The SMILES string of the molecule is COc1cccc([C@@H]2C[C@H](O)CN2C(=O)Cc2ccc(F)cc2F)c1. The molecule has 2 aromatic carbocycles. The van der Waals surface area contributed by atoms with Gasteiger partial charge in [0.05, 0.1) is 25.7 Å². The van der Waals surface area contributed by atoms with E-state index in [2.05, 4.69) is 0 Å². The van der Waals surface area contributed by atoms with E-state index < -0.39 is 17.7 Å². The van der Waals surface area contributed by atoms with Crippen LogP contribution in [0.5, 0.6) is 5.75 Å². The van der Waals surface area contributed by atoms with Crippen LogP contribution in [0.15, 0.2) is 42.5 Å². The number of hydrogen-bond donors (Lipinski definition) is 1. The van der Waals surface area contributed by atoms with Crippen molar-refractivity contribution in [3.63, 3.8) is 0 Å². The van der Waals surface area contributed by atoms with Crippen molar-refractivity contribution in [2.24, 2.45) is 0 Å². The molecule has 1 amide bonds. The van der Waals surface area contributed by atoms with Crippen molar-refractivity contribution in [1.29, 1.82) is 0 Å². The van der Waals surface area contributed by atoms with Crippen molar-refractivity contribution in [3.05, 3.63) is 65.2 Å². The van der Waals surface area contributed by atoms with Gasteiger partial charge in [-0.3, -0.25) is 4.79 Å². The van der Waals surface area contributed by atoms with Crippen LogP contribution in [0.2, 0.25) is 0 Å². The molecule has 25 heavy (non-hydrogen) atoms. The van der Waals surface area contributed by atoms with Gasteiger partial charge in [0.2, 0.25) is 5.91 Å². The van der Waals surface area contributed by atoms with Crippen LogP contribution in [0.4, 0.5) is 8.78 Å². The van der Waals surface area contributed by atoms with Crippen molar-refractivity contribution < 1.29 is 23.4 Å². The van der Waals surface area contributed by atoms with Gasteiger partial charge in [0, 0.05) is 12.6 Å². The standard InChI is InChI=1S/C19H19F2NO3/c1-25-16-4-2-3-13(7-16)18-10-15(23)11-22(18)19(24)8-12-5-6-14(20)9-17(12)21/h2-7,9,15,18,23H,8,10-11H2,1H3/t15-,18-/m0/s1. The molecule has 1 aliphatic heterocycles. The third kappa shape index (κ3) is 3.79. The molecule has 6 heteroatoms. The Morgan fingerprint density at radius 1 is 1.28 bits per heavy atom. The molecule has 0 radical (unpaired) electrons. The number of benzene rings is 2. The summed E-state index contributed by atoms with van der Waals surface area (Å²) in [6, 6.07) is 10.2. The Labute approximate surface area is 144 Å². The van der Waals surface area contributed by atoms with Gasteiger partial charge < -0.3 is 14.7 Å². The number of β-amino-alcohol motifs (C(OH)–C–C–N with tert-alkyl or cyclic N) is 1. The maximum atomic E-state index is 13.8. The van der Waals surface area contributed by atoms with Gasteiger partial charge >= 0.3 is 0 Å². The largest absolute Gasteiger partial charge is 0.497 e. The quantitative estimate of drug-likeness (QED) is 0.925. The second kappa shape index (κ2) is 7.19. The monoisotopic (exact) mass is 347 g/mol. The van der Waals surface area contributed by atoms with Gasteiger partial charge in [-0.2, -0.15) is 0 Å². The van der Waals surface area contributed by atoms with Gasteiger partial charge in [0.15, 0.2) is 0 Å². The highest BCUT2D eigenvalue weighted by atomic mass is 19.1. The third-order valence-corrected chi connectivity index (χ3v) is 4.43. The fourth-order valence-corrected chi connectivity index (χ4v) is 3.18. The van der Waals surface area contributed by atoms with Crippen molar-refractivity contribution in [3.8, 4) is 5.75 Å². The molecule has 0 aliphatic carbocycles. The predicted molar refractivity (Wildman–Crippen MR) is 88.1 cm³/mol. The fourth-order valence-electron chi connectivity index (χ4n) is 3.18. The molecule has 0 bridgehead atoms. The highest BCUT2D eigenvalue weighted by molar-refractivity contribution is 5.79. The molecule has 1 heterocycles. The van der Waals surface area contributed by atoms with E-state index >= 15 is 0 Å². The number of rotatable bonds is 4. The number of methoxy groups -OCH3 is 1. The normalized spacial score (nSPS) is 19.9. The molecule has 1 aliphatic rings. The minimum absolute atomic E-state index is 0.136. The molecule has 0 saturated carbocycles. The smallest absolute Gasteiger partial charge is 0.227 e. The van der Waals surface area contributed by atoms with Crippen LogP contribution in [-0.4, -0.2) is 35.7 Å². The summed E-state index contributed by atoms with van der Waals surface area (Å²) >= 11 is 0. The maximum absolute atomic E-state index is 13.8. The van der Waals surface area contributed by atoms with Crippen molar-refractivity contribution in [2.45, 2.75) is 25.0 Å². The van der Waals surface area contributed by atoms with Crippen LogP contribution in [0.25, 0.3) is 0 Å². The van der Waals surface area contributed by atoms with E-state index in [9.17, 15) is 18.7 Å². The summed E-state index contributed by atoms with van der Waals surface area (Å²) in [6.45, 7) is 0.184. The summed E-state index contributed by atoms with van der Waals surface area (Å²) in [7, 11) is 1.56. The number of aliphatic hydroxyl groups excluding tert-OH is 1. The number of aliphatic hydroxyl groups is 1. The minimum atomic E-state index is -0.744. The molecule has 0 aromatic heterocycles. The second-order valence-electron chi connectivity index (χ2n) is 6.14. The molecule has 132 valence electrons. The molecular weight excluding hydrogens is 328 g/mol. The summed E-state index contributed by atoms with van der Waals surface area (Å²) in [5, 5.41) is 10.0. The Morgan fingerprint density at radius 2 is 2.08 bits per heavy atom. The third-order valence-electron chi connectivity index (χ3n) is 4.43. The highest BCUT2D eigenvalue weighted by Gasteiger charge is 2.35. The Morgan fingerprint density at radius 3 is 2.80 bits per heavy atom. The van der Waals surface area contributed by atoms with E-state index in [1.165, 1.54) is 6.07 Å². The van der Waals surface area contributed by atoms with E-state index in [1.807, 2.05) is 18.2 Å². The number of carbonyl (C=O) groups is 1. The molecule has 4 nitrogen and oxygen atoms in total. The molecule has 1 saturated heterocycles. The Kier molecular flexibility index (Phi) is 4.99. The van der Waals surface area contributed by atoms with Gasteiger partial charge in [0.1, 0.15) is 17.4 Å². The van der Waals surface area contributed by atoms with Gasteiger partial charge in [-0.05, 0) is 35.7 Å². The summed E-state index contributed by atoms with van der Waals surface area (Å²) < 4.78 is 32.0. The van der Waals surface area contributed by atoms with Crippen LogP contribution in [0.3, 0.4) is 0 Å². The molecule has 1 N–H and O–H groups in total. The molecule has 2 atom stereocenters. The predicted octanol–water partition coefficient (Wildman–Crippen LogP) is 2.85. The van der Waals surface area contributed by atoms with E-state index in [-0.39, 0.29) is 30.5 Å². The van der Waals surface area contributed by atoms with Crippen LogP contribution in [0, 0.1) is 11.6 Å². The molecular formula is C19H19F2NO3. The zero-order chi connectivity index (χ0) is 18.0. The number of carbonyl (C=O) groups excluding carboxylic acids is 1. The first-order valence-electron chi connectivity index (χ1n) is 8.03. The maximum Gasteiger partial charge on any atom is 0.227 e. The molecule has 3 rings (SSSR count). The van der Waals surface area contributed by atoms with Crippen molar-refractivity contribution >= 4 is 5.91 Å². The number of halogens is 2. The zero-order valence-electron chi connectivity index (χ0n) is 13.8. The molecule has 2 aromatic rings. The highest BCUT2D eigenvalue weighted by Crippen LogP contribution is 2.34. The van der Waals surface area contributed by atoms with Crippen LogP contribution in [-0.2, 0) is 11.2 Å². The lowest BCUT2D eigenvalue weighted by Crippen LogP contribution is -2.33. The Hall–Kier alpha value is -2.47. The number of nitrogens with zero attached hydrogens (tertiary/aromatic N) is 1. The average molecular weight is 347 g/mol. The lowest BCUT2D eigenvalue weighted by molar-refractivity contribution is -0.131. The number of ether oxygens (including phenoxy) is 1. The van der Waals surface area contributed by atoms with Gasteiger partial charge in [-0.25, -0.2) is 8.78 Å². The molecule has 0 spiro atoms. The fraction of sp³-hybridized carbons (Fsp3) is 0.316. The topological polar surface area (TPSA) is 49.8 Å². The number of likely N-dealkylation sites (tertiary alicyclic amines) is 1. The van der Waals surface area contributed by atoms with Gasteiger partial charge in [0.25, 0.3) is 0 Å². The van der Waals surface area contributed by atoms with Crippen molar-refractivity contribution in [1.82, 2.24) is 4.90 Å². The van der Waals surface area contributed by atoms with E-state index in [1.54, 1.807) is 18.1 Å². The van der Waals surface area contributed by atoms with Gasteiger partial charge in [-0.1, -0.05) is 18.2 Å². The second-order valence-corrected chi connectivity index (χ2v) is 6.14. The lowest BCUT2D eigenvalue weighted by atomic mass is 10.0. The van der Waals surface area contributed by atoms with Crippen LogP contribution >= 0.6 is 0 Å². The molecule has 0 unspecified atom stereocenters. The van der Waals surface area contributed by atoms with Crippen LogP contribution < -0.4 is 4.74 Å². The van der Waals surface area contributed by atoms with E-state index in [4.69, 9.17) is 4.74 Å². The summed E-state index contributed by atoms with van der Waals surface area (Å²) in [6.07, 6.45) is -0.414. The first-order valence-corrected chi connectivity index (χ1v) is 8.03. The first kappa shape index (κ1) is 17.4. The molecule has 1 fully saturated rings. The lowest BCUT2D eigenvalue weighted by Gasteiger charge is -2.25. The van der Waals surface area contributed by atoms with E-state index in [0.29, 0.717) is 12.2 Å². The average Bonchev–Trinajstić information content (AvgIpc) is 2.99. The minimum Gasteiger partial charge on any atom is -0.497 e. The van der Waals surface area contributed by atoms with E-state index in [0.717, 1.165) is 17.7 Å². The Balaban J connectivity index is 1.82. The summed E-state index contributed by atoms with van der Waals surface area (Å²) in [5.74, 6) is -1.07. The Bertz CT molecular complexity index is 781. The van der Waals surface area contributed by atoms with Gasteiger partial charge in [-0.15, -0.1) is 0 Å². The van der Waals surface area contributed by atoms with Crippen LogP contribution in [0.1, 0.15) is 23.6 Å². The first-order chi connectivity index (χ1) is 12.0. The summed E-state index contributed by atoms with van der Waals surface area (Å²) in [5.41, 5.74) is 0.987. The number of hydrogen-bond acceptors (Lipinski definition) is 3. The van der Waals surface area contributed by atoms with Crippen molar-refractivity contribution in [2.75, 3.05) is 13.7 Å².